The second-order valence-corrected chi connectivity index (χ2v) is 4.53. The number of hydrogen-bond donors (Lipinski definition) is 1. The number of hydrogen-bond acceptors (Lipinski definition) is 3. The predicted molar refractivity (Wildman–Crippen MR) is 69.8 cm³/mol. The number of halogens is 3. The highest BCUT2D eigenvalue weighted by Crippen LogP contribution is 2.34. The molecule has 1 heterocycles. The summed E-state index contributed by atoms with van der Waals surface area (Å²) in [6.45, 7) is 1.98. The summed E-state index contributed by atoms with van der Waals surface area (Å²) >= 11 is 0. The van der Waals surface area contributed by atoms with Gasteiger partial charge in [-0.25, -0.2) is 9.67 Å². The van der Waals surface area contributed by atoms with Crippen molar-refractivity contribution in [3.05, 3.63) is 29.6 Å². The minimum absolute atomic E-state index is 0.247. The number of aryl methyl sites for hydroxylation is 2. The normalized spacial score (nSPS) is 11.8. The van der Waals surface area contributed by atoms with Crippen molar-refractivity contribution in [2.75, 3.05) is 5.73 Å². The zero-order chi connectivity index (χ0) is 14.9. The maximum atomic E-state index is 12.8. The Morgan fingerprint density at radius 1 is 1.30 bits per heavy atom. The zero-order valence-electron chi connectivity index (χ0n) is 11.2. The fourth-order valence-corrected chi connectivity index (χ4v) is 1.93. The molecule has 2 rings (SSSR count). The van der Waals surface area contributed by atoms with Crippen LogP contribution in [-0.2, 0) is 19.6 Å². The molecule has 2 aromatic rings. The van der Waals surface area contributed by atoms with Gasteiger partial charge >= 0.3 is 6.18 Å². The van der Waals surface area contributed by atoms with Crippen molar-refractivity contribution in [2.45, 2.75) is 25.9 Å². The molecule has 0 bridgehead atoms. The Hall–Kier alpha value is -2.05. The van der Waals surface area contributed by atoms with Crippen LogP contribution in [0.15, 0.2) is 18.2 Å². The third-order valence-corrected chi connectivity index (χ3v) is 2.90. The Morgan fingerprint density at radius 2 is 2.00 bits per heavy atom. The van der Waals surface area contributed by atoms with Crippen LogP contribution in [0.2, 0.25) is 0 Å². The smallest absolute Gasteiger partial charge is 0.398 e. The quantitative estimate of drug-likeness (QED) is 0.881. The molecule has 0 amide bonds. The van der Waals surface area contributed by atoms with Crippen molar-refractivity contribution in [3.8, 4) is 11.4 Å². The maximum absolute atomic E-state index is 12.8. The van der Waals surface area contributed by atoms with Crippen LogP contribution in [0.25, 0.3) is 11.4 Å². The Kier molecular flexibility index (Phi) is 3.69. The van der Waals surface area contributed by atoms with Crippen molar-refractivity contribution < 1.29 is 13.2 Å². The number of rotatable bonds is 3. The van der Waals surface area contributed by atoms with E-state index < -0.39 is 11.7 Å². The van der Waals surface area contributed by atoms with Gasteiger partial charge in [-0.05, 0) is 24.6 Å². The molecule has 1 aromatic heterocycles. The van der Waals surface area contributed by atoms with E-state index in [0.29, 0.717) is 18.1 Å². The number of benzene rings is 1. The zero-order valence-corrected chi connectivity index (χ0v) is 11.2. The van der Waals surface area contributed by atoms with Crippen molar-refractivity contribution in [3.63, 3.8) is 0 Å². The number of anilines is 1. The van der Waals surface area contributed by atoms with Crippen LogP contribution in [-0.4, -0.2) is 14.8 Å². The van der Waals surface area contributed by atoms with Crippen molar-refractivity contribution >= 4 is 5.69 Å². The minimum atomic E-state index is -4.41. The fraction of sp³-hybridized carbons (Fsp3) is 0.385. The molecule has 0 aliphatic carbocycles. The summed E-state index contributed by atoms with van der Waals surface area (Å²) in [6.07, 6.45) is -2.87. The molecule has 0 fully saturated rings. The van der Waals surface area contributed by atoms with Crippen LogP contribution in [0.3, 0.4) is 0 Å². The molecule has 2 N–H and O–H groups in total. The van der Waals surface area contributed by atoms with Gasteiger partial charge in [0.25, 0.3) is 0 Å². The van der Waals surface area contributed by atoms with Gasteiger partial charge in [-0.2, -0.15) is 18.3 Å². The molecule has 0 saturated carbocycles. The van der Waals surface area contributed by atoms with Gasteiger partial charge < -0.3 is 5.73 Å². The first-order chi connectivity index (χ1) is 9.32. The second-order valence-electron chi connectivity index (χ2n) is 4.53. The lowest BCUT2D eigenvalue weighted by Crippen LogP contribution is -2.07. The summed E-state index contributed by atoms with van der Waals surface area (Å²) in [5.74, 6) is 0.943. The van der Waals surface area contributed by atoms with Crippen LogP contribution in [0.4, 0.5) is 18.9 Å². The molecule has 0 saturated heterocycles. The van der Waals surface area contributed by atoms with Gasteiger partial charge in [0.05, 0.1) is 5.56 Å². The molecule has 4 nitrogen and oxygen atoms in total. The van der Waals surface area contributed by atoms with Gasteiger partial charge in [0.1, 0.15) is 0 Å². The van der Waals surface area contributed by atoms with E-state index in [4.69, 9.17) is 5.73 Å². The minimum Gasteiger partial charge on any atom is -0.398 e. The van der Waals surface area contributed by atoms with Gasteiger partial charge in [-0.1, -0.05) is 6.92 Å². The Bertz CT molecular complexity index is 617. The summed E-state index contributed by atoms with van der Waals surface area (Å²) in [5.41, 5.74) is 5.51. The highest BCUT2D eigenvalue weighted by molar-refractivity contribution is 5.72. The van der Waals surface area contributed by atoms with E-state index in [-0.39, 0.29) is 11.3 Å². The molecule has 20 heavy (non-hydrogen) atoms. The Balaban J connectivity index is 2.51. The standard InChI is InChI=1S/C13H15F3N4/c1-3-4-11-18-12(20(2)19-11)9-7-8(13(14,15)16)5-6-10(9)17/h5-7H,3-4,17H2,1-2H3. The summed E-state index contributed by atoms with van der Waals surface area (Å²) in [4.78, 5) is 4.26. The summed E-state index contributed by atoms with van der Waals surface area (Å²) < 4.78 is 39.7. The molecule has 0 radical (unpaired) electrons. The number of nitrogens with two attached hydrogens (primary N) is 1. The van der Waals surface area contributed by atoms with Crippen LogP contribution in [0.5, 0.6) is 0 Å². The lowest BCUT2D eigenvalue weighted by molar-refractivity contribution is -0.137. The first-order valence-electron chi connectivity index (χ1n) is 6.20. The molecule has 7 heteroatoms. The molecule has 0 aliphatic rings. The van der Waals surface area contributed by atoms with E-state index in [1.165, 1.54) is 10.7 Å². The number of aromatic nitrogens is 3. The average molecular weight is 284 g/mol. The van der Waals surface area contributed by atoms with Gasteiger partial charge in [0, 0.05) is 24.7 Å². The van der Waals surface area contributed by atoms with Crippen LogP contribution in [0, 0.1) is 0 Å². The molecule has 1 aromatic carbocycles. The third-order valence-electron chi connectivity index (χ3n) is 2.90. The average Bonchev–Trinajstić information content (AvgIpc) is 2.70. The third kappa shape index (κ3) is 2.76. The predicted octanol–water partition coefficient (Wildman–Crippen LogP) is 3.04. The topological polar surface area (TPSA) is 56.7 Å². The summed E-state index contributed by atoms with van der Waals surface area (Å²) in [5, 5.41) is 4.18. The highest BCUT2D eigenvalue weighted by atomic mass is 19.4. The van der Waals surface area contributed by atoms with Crippen LogP contribution < -0.4 is 5.73 Å². The number of nitrogens with zero attached hydrogens (tertiary/aromatic N) is 3. The van der Waals surface area contributed by atoms with Gasteiger partial charge in [0.2, 0.25) is 0 Å². The van der Waals surface area contributed by atoms with Crippen LogP contribution >= 0.6 is 0 Å². The molecule has 0 unspecified atom stereocenters. The fourth-order valence-electron chi connectivity index (χ4n) is 1.93. The van der Waals surface area contributed by atoms with Gasteiger partial charge in [-0.3, -0.25) is 0 Å². The number of alkyl halides is 3. The monoisotopic (exact) mass is 284 g/mol. The van der Waals surface area contributed by atoms with E-state index >= 15 is 0 Å². The molecule has 0 spiro atoms. The molecular formula is C13H15F3N4. The number of nitrogen functional groups attached to an aromatic ring is 1. The lowest BCUT2D eigenvalue weighted by Gasteiger charge is -2.10. The second kappa shape index (κ2) is 5.15. The van der Waals surface area contributed by atoms with Gasteiger partial charge in [0.15, 0.2) is 11.6 Å². The van der Waals surface area contributed by atoms with E-state index in [2.05, 4.69) is 10.1 Å². The van der Waals surface area contributed by atoms with Gasteiger partial charge in [-0.15, -0.1) is 0 Å². The highest BCUT2D eigenvalue weighted by Gasteiger charge is 2.31. The van der Waals surface area contributed by atoms with E-state index in [1.807, 2.05) is 6.92 Å². The molecule has 108 valence electrons. The maximum Gasteiger partial charge on any atom is 0.416 e. The molecule has 0 aliphatic heterocycles. The SMILES string of the molecule is CCCc1nc(-c2cc(C(F)(F)F)ccc2N)n(C)n1. The largest absolute Gasteiger partial charge is 0.416 e. The molecule has 0 atom stereocenters. The molecular weight excluding hydrogens is 269 g/mol. The Labute approximate surface area is 114 Å². The van der Waals surface area contributed by atoms with Crippen LogP contribution in [0.1, 0.15) is 24.7 Å². The van der Waals surface area contributed by atoms with E-state index in [1.54, 1.807) is 7.05 Å². The van der Waals surface area contributed by atoms with Crippen molar-refractivity contribution in [1.82, 2.24) is 14.8 Å². The first-order valence-corrected chi connectivity index (χ1v) is 6.20. The summed E-state index contributed by atoms with van der Waals surface area (Å²) in [7, 11) is 1.64. The summed E-state index contributed by atoms with van der Waals surface area (Å²) in [6, 6.07) is 3.21. The van der Waals surface area contributed by atoms with Crippen molar-refractivity contribution in [2.24, 2.45) is 7.05 Å². The first kappa shape index (κ1) is 14.4. The lowest BCUT2D eigenvalue weighted by atomic mass is 10.1. The van der Waals surface area contributed by atoms with E-state index in [9.17, 15) is 13.2 Å². The Morgan fingerprint density at radius 3 is 2.60 bits per heavy atom. The van der Waals surface area contributed by atoms with Crippen molar-refractivity contribution in [1.29, 1.82) is 0 Å². The van der Waals surface area contributed by atoms with E-state index in [0.717, 1.165) is 18.6 Å².